The molecular formula is C9H13N. The molecule has 0 aromatic rings. The van der Waals surface area contributed by atoms with E-state index in [1.807, 2.05) is 13.8 Å². The first-order valence-corrected chi connectivity index (χ1v) is 3.60. The van der Waals surface area contributed by atoms with Crippen molar-refractivity contribution in [2.45, 2.75) is 26.7 Å². The Kier molecular flexibility index (Phi) is 2.05. The number of nitrogens with zero attached hydrogens (tertiary/aromatic N) is 1. The van der Waals surface area contributed by atoms with Crippen LogP contribution in [0.2, 0.25) is 0 Å². The Morgan fingerprint density at radius 3 is 2.80 bits per heavy atom. The van der Waals surface area contributed by atoms with E-state index in [2.05, 4.69) is 17.6 Å². The minimum Gasteiger partial charge on any atom is -0.258 e. The Morgan fingerprint density at radius 2 is 2.40 bits per heavy atom. The second-order valence-corrected chi connectivity index (χ2v) is 2.72. The number of hydrogen-bond donors (Lipinski definition) is 0. The lowest BCUT2D eigenvalue weighted by molar-refractivity contribution is 1.02. The first-order chi connectivity index (χ1) is 4.70. The molecule has 10 heavy (non-hydrogen) atoms. The van der Waals surface area contributed by atoms with Gasteiger partial charge in [-0.3, -0.25) is 4.99 Å². The Balaban J connectivity index is 2.78. The predicted molar refractivity (Wildman–Crippen MR) is 45.2 cm³/mol. The van der Waals surface area contributed by atoms with E-state index in [9.17, 15) is 0 Å². The molecule has 0 saturated heterocycles. The van der Waals surface area contributed by atoms with Crippen LogP contribution >= 0.6 is 0 Å². The van der Waals surface area contributed by atoms with Crippen LogP contribution < -0.4 is 0 Å². The maximum atomic E-state index is 4.36. The quantitative estimate of drug-likeness (QED) is 0.524. The van der Waals surface area contributed by atoms with Crippen LogP contribution in [-0.2, 0) is 0 Å². The van der Waals surface area contributed by atoms with Gasteiger partial charge in [-0.15, -0.1) is 0 Å². The third-order valence-electron chi connectivity index (χ3n) is 1.62. The van der Waals surface area contributed by atoms with Gasteiger partial charge in [-0.05, 0) is 32.3 Å². The van der Waals surface area contributed by atoms with Gasteiger partial charge in [-0.25, -0.2) is 0 Å². The summed E-state index contributed by atoms with van der Waals surface area (Å²) in [6, 6.07) is 0. The van der Waals surface area contributed by atoms with Crippen molar-refractivity contribution in [2.75, 3.05) is 0 Å². The van der Waals surface area contributed by atoms with Crippen molar-refractivity contribution < 1.29 is 0 Å². The van der Waals surface area contributed by atoms with Gasteiger partial charge in [0, 0.05) is 11.4 Å². The van der Waals surface area contributed by atoms with Gasteiger partial charge in [0.15, 0.2) is 0 Å². The highest BCUT2D eigenvalue weighted by atomic mass is 14.8. The van der Waals surface area contributed by atoms with Gasteiger partial charge in [-0.1, -0.05) is 12.7 Å². The van der Waals surface area contributed by atoms with Gasteiger partial charge < -0.3 is 0 Å². The summed E-state index contributed by atoms with van der Waals surface area (Å²) >= 11 is 0. The molecule has 0 bridgehead atoms. The summed E-state index contributed by atoms with van der Waals surface area (Å²) in [6.07, 6.45) is 4.34. The van der Waals surface area contributed by atoms with Crippen LogP contribution in [0.3, 0.4) is 0 Å². The first-order valence-electron chi connectivity index (χ1n) is 3.60. The van der Waals surface area contributed by atoms with Gasteiger partial charge >= 0.3 is 0 Å². The second kappa shape index (κ2) is 2.82. The molecule has 1 heterocycles. The zero-order valence-electron chi connectivity index (χ0n) is 6.65. The molecule has 0 fully saturated rings. The normalized spacial score (nSPS) is 17.8. The molecular weight excluding hydrogens is 122 g/mol. The van der Waals surface area contributed by atoms with Gasteiger partial charge in [0.25, 0.3) is 0 Å². The van der Waals surface area contributed by atoms with Crippen LogP contribution in [0.5, 0.6) is 0 Å². The standard InChI is InChI=1S/C9H13N/c1-7(2)9-6-4-5-8(3)10-9/h5H,1,4,6H2,2-3H3. The molecule has 1 aliphatic heterocycles. The van der Waals surface area contributed by atoms with Crippen molar-refractivity contribution in [1.29, 1.82) is 0 Å². The van der Waals surface area contributed by atoms with E-state index in [1.165, 1.54) is 5.71 Å². The number of allylic oxidation sites excluding steroid dienone is 3. The number of aliphatic imine (C=N–C) groups is 1. The lowest BCUT2D eigenvalue weighted by Gasteiger charge is -2.09. The van der Waals surface area contributed by atoms with E-state index < -0.39 is 0 Å². The molecule has 0 amide bonds. The highest BCUT2D eigenvalue weighted by Gasteiger charge is 2.03. The molecule has 1 aliphatic rings. The first kappa shape index (κ1) is 7.26. The van der Waals surface area contributed by atoms with Crippen molar-refractivity contribution in [3.05, 3.63) is 23.9 Å². The molecule has 0 aromatic heterocycles. The summed E-state index contributed by atoms with van der Waals surface area (Å²) in [6.45, 7) is 7.90. The van der Waals surface area contributed by atoms with E-state index in [0.717, 1.165) is 24.1 Å². The smallest absolute Gasteiger partial charge is 0.0432 e. The van der Waals surface area contributed by atoms with Gasteiger partial charge in [0.2, 0.25) is 0 Å². The average Bonchev–Trinajstić information content (AvgIpc) is 1.88. The summed E-state index contributed by atoms with van der Waals surface area (Å²) in [5.74, 6) is 0. The Morgan fingerprint density at radius 1 is 1.70 bits per heavy atom. The van der Waals surface area contributed by atoms with Crippen molar-refractivity contribution >= 4 is 5.71 Å². The minimum absolute atomic E-state index is 1.06. The van der Waals surface area contributed by atoms with Gasteiger partial charge in [-0.2, -0.15) is 0 Å². The molecule has 1 heteroatoms. The summed E-state index contributed by atoms with van der Waals surface area (Å²) in [4.78, 5) is 4.36. The highest BCUT2D eigenvalue weighted by Crippen LogP contribution is 2.13. The van der Waals surface area contributed by atoms with E-state index in [1.54, 1.807) is 0 Å². The molecule has 54 valence electrons. The summed E-state index contributed by atoms with van der Waals surface area (Å²) in [5.41, 5.74) is 3.40. The fourth-order valence-electron chi connectivity index (χ4n) is 1.04. The SMILES string of the molecule is C=C(C)C1=NC(C)=CCC1. The van der Waals surface area contributed by atoms with Crippen molar-refractivity contribution in [1.82, 2.24) is 0 Å². The van der Waals surface area contributed by atoms with Crippen LogP contribution in [0, 0.1) is 0 Å². The summed E-state index contributed by atoms with van der Waals surface area (Å²) in [7, 11) is 0. The Bertz CT molecular complexity index is 209. The van der Waals surface area contributed by atoms with Crippen LogP contribution in [0.25, 0.3) is 0 Å². The van der Waals surface area contributed by atoms with Crippen LogP contribution in [-0.4, -0.2) is 5.71 Å². The number of rotatable bonds is 1. The molecule has 0 saturated carbocycles. The summed E-state index contributed by atoms with van der Waals surface area (Å²) < 4.78 is 0. The molecule has 0 radical (unpaired) electrons. The molecule has 1 rings (SSSR count). The average molecular weight is 135 g/mol. The van der Waals surface area contributed by atoms with Gasteiger partial charge in [0.05, 0.1) is 0 Å². The summed E-state index contributed by atoms with van der Waals surface area (Å²) in [5, 5.41) is 0. The predicted octanol–water partition coefficient (Wildman–Crippen LogP) is 2.70. The molecule has 0 aromatic carbocycles. The van der Waals surface area contributed by atoms with E-state index >= 15 is 0 Å². The zero-order chi connectivity index (χ0) is 7.56. The largest absolute Gasteiger partial charge is 0.258 e. The number of hydrogen-bond acceptors (Lipinski definition) is 1. The molecule has 0 atom stereocenters. The van der Waals surface area contributed by atoms with E-state index in [0.29, 0.717) is 0 Å². The zero-order valence-corrected chi connectivity index (χ0v) is 6.65. The fourth-order valence-corrected chi connectivity index (χ4v) is 1.04. The van der Waals surface area contributed by atoms with E-state index in [4.69, 9.17) is 0 Å². The maximum absolute atomic E-state index is 4.36. The monoisotopic (exact) mass is 135 g/mol. The van der Waals surface area contributed by atoms with Crippen molar-refractivity contribution in [3.8, 4) is 0 Å². The minimum atomic E-state index is 1.06. The van der Waals surface area contributed by atoms with Crippen LogP contribution in [0.15, 0.2) is 28.9 Å². The highest BCUT2D eigenvalue weighted by molar-refractivity contribution is 6.00. The Hall–Kier alpha value is -0.850. The lowest BCUT2D eigenvalue weighted by atomic mass is 10.1. The molecule has 1 nitrogen and oxygen atoms in total. The second-order valence-electron chi connectivity index (χ2n) is 2.72. The van der Waals surface area contributed by atoms with Crippen molar-refractivity contribution in [2.24, 2.45) is 4.99 Å². The molecule has 0 spiro atoms. The Labute approximate surface area is 62.2 Å². The van der Waals surface area contributed by atoms with Crippen molar-refractivity contribution in [3.63, 3.8) is 0 Å². The third-order valence-corrected chi connectivity index (χ3v) is 1.62. The van der Waals surface area contributed by atoms with Gasteiger partial charge in [0.1, 0.15) is 0 Å². The lowest BCUT2D eigenvalue weighted by Crippen LogP contribution is -2.02. The van der Waals surface area contributed by atoms with Crippen LogP contribution in [0.1, 0.15) is 26.7 Å². The maximum Gasteiger partial charge on any atom is 0.0432 e. The van der Waals surface area contributed by atoms with E-state index in [-0.39, 0.29) is 0 Å². The fraction of sp³-hybridized carbons (Fsp3) is 0.444. The molecule has 0 N–H and O–H groups in total. The third kappa shape index (κ3) is 1.56. The molecule has 0 unspecified atom stereocenters. The van der Waals surface area contributed by atoms with Crippen LogP contribution in [0.4, 0.5) is 0 Å². The molecule has 0 aliphatic carbocycles. The topological polar surface area (TPSA) is 12.4 Å².